The normalized spacial score (nSPS) is 14.8. The molecule has 192 valence electrons. The number of hydrogen-bond donors (Lipinski definition) is 1. The van der Waals surface area contributed by atoms with Crippen LogP contribution in [0.3, 0.4) is 0 Å². The minimum atomic E-state index is -0.446. The maximum atomic E-state index is 12.4. The number of aryl methyl sites for hydroxylation is 1. The molecular formula is C32H30N2O3S. The van der Waals surface area contributed by atoms with Crippen LogP contribution >= 0.6 is 11.3 Å². The zero-order valence-electron chi connectivity index (χ0n) is 21.8. The Morgan fingerprint density at radius 3 is 2.34 bits per heavy atom. The van der Waals surface area contributed by atoms with Gasteiger partial charge in [0.1, 0.15) is 11.4 Å². The fourth-order valence-corrected chi connectivity index (χ4v) is 6.11. The van der Waals surface area contributed by atoms with Crippen LogP contribution in [0, 0.1) is 6.92 Å². The monoisotopic (exact) mass is 522 g/mol. The van der Waals surface area contributed by atoms with E-state index in [1.54, 1.807) is 11.3 Å². The summed E-state index contributed by atoms with van der Waals surface area (Å²) in [4.78, 5) is 13.7. The molecule has 1 N–H and O–H groups in total. The van der Waals surface area contributed by atoms with Gasteiger partial charge in [0.25, 0.3) is 0 Å². The first-order valence-electron chi connectivity index (χ1n) is 13.1. The molecular weight excluding hydrogens is 492 g/mol. The fraction of sp³-hybridized carbons (Fsp3) is 0.250. The van der Waals surface area contributed by atoms with Crippen LogP contribution in [0.15, 0.2) is 83.4 Å². The molecule has 6 heteroatoms. The first-order chi connectivity index (χ1) is 18.5. The van der Waals surface area contributed by atoms with Gasteiger partial charge in [-0.05, 0) is 67.8 Å². The van der Waals surface area contributed by atoms with E-state index in [4.69, 9.17) is 9.26 Å². The van der Waals surface area contributed by atoms with Crippen molar-refractivity contribution in [1.82, 2.24) is 5.16 Å². The van der Waals surface area contributed by atoms with E-state index in [9.17, 15) is 4.79 Å². The summed E-state index contributed by atoms with van der Waals surface area (Å²) in [6.45, 7) is 6.40. The van der Waals surface area contributed by atoms with Crippen molar-refractivity contribution in [3.8, 4) is 22.5 Å². The number of benzene rings is 3. The van der Waals surface area contributed by atoms with Crippen LogP contribution < -0.4 is 5.32 Å². The number of carbonyl (C=O) groups is 1. The average molecular weight is 523 g/mol. The lowest BCUT2D eigenvalue weighted by molar-refractivity contribution is -0.146. The molecule has 1 fully saturated rings. The van der Waals surface area contributed by atoms with Crippen molar-refractivity contribution in [3.05, 3.63) is 95.0 Å². The first kappa shape index (κ1) is 24.4. The molecule has 0 bridgehead atoms. The number of aromatic nitrogens is 1. The Morgan fingerprint density at radius 2 is 1.68 bits per heavy atom. The molecule has 0 spiro atoms. The van der Waals surface area contributed by atoms with Crippen molar-refractivity contribution >= 4 is 33.1 Å². The van der Waals surface area contributed by atoms with Gasteiger partial charge in [0.2, 0.25) is 0 Å². The number of thiophene rings is 1. The van der Waals surface area contributed by atoms with Crippen molar-refractivity contribution in [1.29, 1.82) is 0 Å². The molecule has 1 aliphatic rings. The van der Waals surface area contributed by atoms with Crippen LogP contribution in [0.25, 0.3) is 32.5 Å². The lowest BCUT2D eigenvalue weighted by Crippen LogP contribution is -2.23. The molecule has 1 unspecified atom stereocenters. The Morgan fingerprint density at radius 1 is 1.03 bits per heavy atom. The second kappa shape index (κ2) is 9.76. The van der Waals surface area contributed by atoms with Crippen LogP contribution in [0.5, 0.6) is 0 Å². The number of esters is 1. The molecule has 0 radical (unpaired) electrons. The van der Waals surface area contributed by atoms with Crippen LogP contribution in [0.2, 0.25) is 0 Å². The number of fused-ring (bicyclic) bond motifs is 1. The van der Waals surface area contributed by atoms with Gasteiger partial charge < -0.3 is 14.6 Å². The molecule has 5 aromatic rings. The number of nitrogens with zero attached hydrogens (tertiary/aromatic N) is 1. The Bertz CT molecular complexity index is 1560. The van der Waals surface area contributed by atoms with Gasteiger partial charge in [0, 0.05) is 15.1 Å². The van der Waals surface area contributed by atoms with Crippen LogP contribution in [-0.2, 0) is 14.9 Å². The maximum absolute atomic E-state index is 12.4. The number of carbonyl (C=O) groups excluding carboxylic acids is 1. The summed E-state index contributed by atoms with van der Waals surface area (Å²) in [5.74, 6) is 0.632. The molecule has 38 heavy (non-hydrogen) atoms. The average Bonchev–Trinajstić information content (AvgIpc) is 3.52. The number of nitrogens with one attached hydrogen (secondary N) is 1. The van der Waals surface area contributed by atoms with E-state index in [0.29, 0.717) is 6.61 Å². The van der Waals surface area contributed by atoms with Crippen molar-refractivity contribution < 1.29 is 14.1 Å². The summed E-state index contributed by atoms with van der Waals surface area (Å²) in [6, 6.07) is 27.4. The maximum Gasteiger partial charge on any atom is 0.316 e. The zero-order valence-corrected chi connectivity index (χ0v) is 22.6. The summed E-state index contributed by atoms with van der Waals surface area (Å²) in [5, 5.41) is 9.16. The number of ether oxygens (including phenoxy) is 1. The summed E-state index contributed by atoms with van der Waals surface area (Å²) in [7, 11) is 0. The zero-order chi connectivity index (χ0) is 26.3. The number of anilines is 1. The molecule has 0 saturated heterocycles. The van der Waals surface area contributed by atoms with Gasteiger partial charge in [0.15, 0.2) is 5.76 Å². The van der Waals surface area contributed by atoms with Gasteiger partial charge in [-0.25, -0.2) is 0 Å². The van der Waals surface area contributed by atoms with Gasteiger partial charge in [-0.1, -0.05) is 71.9 Å². The van der Waals surface area contributed by atoms with Gasteiger partial charge in [-0.2, -0.15) is 0 Å². The third kappa shape index (κ3) is 4.39. The van der Waals surface area contributed by atoms with Gasteiger partial charge in [0.05, 0.1) is 18.1 Å². The smallest absolute Gasteiger partial charge is 0.316 e. The second-order valence-electron chi connectivity index (χ2n) is 9.98. The standard InChI is InChI=1S/C32H30N2O3S/c1-4-36-31(35)32(17-18-32)26-15-13-23(14-16-26)22-9-11-24(12-10-22)30-29(21(3)34-37-30)33-20(2)28-19-25-7-5-6-8-27(25)38-28/h5-16,19-20,33H,4,17-18H2,1-3H3. The van der Waals surface area contributed by atoms with Crippen LogP contribution in [-0.4, -0.2) is 17.7 Å². The third-order valence-electron chi connectivity index (χ3n) is 7.43. The van der Waals surface area contributed by atoms with E-state index < -0.39 is 5.41 Å². The highest BCUT2D eigenvalue weighted by Gasteiger charge is 2.52. The minimum absolute atomic E-state index is 0.106. The summed E-state index contributed by atoms with van der Waals surface area (Å²) < 4.78 is 12.4. The lowest BCUT2D eigenvalue weighted by atomic mass is 9.93. The predicted octanol–water partition coefficient (Wildman–Crippen LogP) is 8.30. The van der Waals surface area contributed by atoms with Crippen molar-refractivity contribution in [3.63, 3.8) is 0 Å². The van der Waals surface area contributed by atoms with Crippen molar-refractivity contribution in [2.75, 3.05) is 11.9 Å². The highest BCUT2D eigenvalue weighted by molar-refractivity contribution is 7.19. The van der Waals surface area contributed by atoms with E-state index in [2.05, 4.69) is 96.3 Å². The predicted molar refractivity (Wildman–Crippen MR) is 154 cm³/mol. The highest BCUT2D eigenvalue weighted by atomic mass is 32.1. The van der Waals surface area contributed by atoms with E-state index >= 15 is 0 Å². The molecule has 6 rings (SSSR count). The Labute approximate surface area is 226 Å². The van der Waals surface area contributed by atoms with E-state index in [1.807, 2.05) is 13.8 Å². The van der Waals surface area contributed by atoms with Gasteiger partial charge >= 0.3 is 5.97 Å². The van der Waals surface area contributed by atoms with Crippen molar-refractivity contribution in [2.24, 2.45) is 0 Å². The summed E-state index contributed by atoms with van der Waals surface area (Å²) in [5.41, 5.74) is 5.52. The van der Waals surface area contributed by atoms with Crippen LogP contribution in [0.1, 0.15) is 48.9 Å². The molecule has 0 amide bonds. The van der Waals surface area contributed by atoms with Crippen LogP contribution in [0.4, 0.5) is 5.69 Å². The molecule has 2 aromatic heterocycles. The molecule has 2 heterocycles. The Hall–Kier alpha value is -3.90. The van der Waals surface area contributed by atoms with Gasteiger partial charge in [-0.15, -0.1) is 11.3 Å². The molecule has 1 atom stereocenters. The van der Waals surface area contributed by atoms with E-state index in [-0.39, 0.29) is 12.0 Å². The van der Waals surface area contributed by atoms with E-state index in [1.165, 1.54) is 15.0 Å². The fourth-order valence-electron chi connectivity index (χ4n) is 5.04. The molecule has 3 aromatic carbocycles. The first-order valence-corrected chi connectivity index (χ1v) is 13.9. The molecule has 5 nitrogen and oxygen atoms in total. The Kier molecular flexibility index (Phi) is 6.28. The quantitative estimate of drug-likeness (QED) is 0.208. The topological polar surface area (TPSA) is 64.4 Å². The minimum Gasteiger partial charge on any atom is -0.465 e. The Balaban J connectivity index is 1.21. The SMILES string of the molecule is CCOC(=O)C1(c2ccc(-c3ccc(-c4onc(C)c4NC(C)c4cc5ccccc5s4)cc3)cc2)CC1. The van der Waals surface area contributed by atoms with E-state index in [0.717, 1.165) is 52.2 Å². The number of rotatable bonds is 8. The largest absolute Gasteiger partial charge is 0.465 e. The third-order valence-corrected chi connectivity index (χ3v) is 8.73. The summed E-state index contributed by atoms with van der Waals surface area (Å²) >= 11 is 1.81. The highest BCUT2D eigenvalue weighted by Crippen LogP contribution is 2.49. The molecule has 1 saturated carbocycles. The second-order valence-corrected chi connectivity index (χ2v) is 11.1. The summed E-state index contributed by atoms with van der Waals surface area (Å²) in [6.07, 6.45) is 1.71. The molecule has 0 aliphatic heterocycles. The lowest BCUT2D eigenvalue weighted by Gasteiger charge is -2.15. The van der Waals surface area contributed by atoms with Crippen molar-refractivity contribution in [2.45, 2.75) is 45.1 Å². The molecule has 1 aliphatic carbocycles. The van der Waals surface area contributed by atoms with Gasteiger partial charge in [-0.3, -0.25) is 4.79 Å². The number of hydrogen-bond acceptors (Lipinski definition) is 6.